The number of unbranched alkanes of at least 4 members (excludes halogenated alkanes) is 1. The first kappa shape index (κ1) is 40.9. The summed E-state index contributed by atoms with van der Waals surface area (Å²) in [4.78, 5) is 104. The van der Waals surface area contributed by atoms with E-state index in [0.29, 0.717) is 32.2 Å². The molecule has 2 heterocycles. The number of nitrogens with one attached hydrogen (secondary N) is 7. The van der Waals surface area contributed by atoms with Gasteiger partial charge in [-0.2, -0.15) is 0 Å². The smallest absolute Gasteiger partial charge is 0.305 e. The van der Waals surface area contributed by atoms with Crippen molar-refractivity contribution in [1.82, 2.24) is 41.8 Å². The zero-order valence-electron chi connectivity index (χ0n) is 29.0. The fourth-order valence-electron chi connectivity index (χ4n) is 5.79. The van der Waals surface area contributed by atoms with Gasteiger partial charge in [-0.3, -0.25) is 38.4 Å². The molecule has 1 saturated heterocycles. The molecule has 3 rings (SSSR count). The molecular formula is C33H48N10O9. The number of nitrogens with two attached hydrogens (primary N) is 2. The number of amides is 7. The van der Waals surface area contributed by atoms with Gasteiger partial charge in [0.2, 0.25) is 41.4 Å². The quantitative estimate of drug-likeness (QED) is 0.0568. The standard InChI is InChI=1S/C33H48N10O9/c1-36-23(13-19-15-37-21-8-3-2-7-20(19)21)31(50)42-24(14-29(47)48)33(52)43-12-6-10-25(43)32(51)40-17-27(45)38-16-26(44)39-18-28(46)41-22(30(35)49)9-4-5-11-34/h2-3,7-8,15,22-25,36-37H,4-6,9-14,16-18,34H2,1H3,(H2,35,49)(H,38,45)(H,39,44)(H,40,51)(H,41,46)(H,42,50)(H,47,48)/t22-,23-,24-,25?/m0/s1. The molecule has 284 valence electrons. The Morgan fingerprint density at radius 3 is 2.23 bits per heavy atom. The molecule has 7 amide bonds. The van der Waals surface area contributed by atoms with Crippen LogP contribution >= 0.6 is 0 Å². The molecule has 1 aromatic carbocycles. The maximum atomic E-state index is 13.6. The van der Waals surface area contributed by atoms with Crippen LogP contribution in [0.4, 0.5) is 0 Å². The average Bonchev–Trinajstić information content (AvgIpc) is 3.77. The van der Waals surface area contributed by atoms with Crippen molar-refractivity contribution in [3.8, 4) is 0 Å². The third-order valence-corrected chi connectivity index (χ3v) is 8.54. The van der Waals surface area contributed by atoms with Crippen molar-refractivity contribution in [3.05, 3.63) is 36.0 Å². The van der Waals surface area contributed by atoms with Crippen molar-refractivity contribution < 1.29 is 43.5 Å². The van der Waals surface area contributed by atoms with Crippen molar-refractivity contribution in [1.29, 1.82) is 0 Å². The maximum absolute atomic E-state index is 13.6. The summed E-state index contributed by atoms with van der Waals surface area (Å²) < 4.78 is 0. The van der Waals surface area contributed by atoms with Gasteiger partial charge < -0.3 is 58.4 Å². The van der Waals surface area contributed by atoms with Crippen LogP contribution in [0.5, 0.6) is 0 Å². The van der Waals surface area contributed by atoms with E-state index in [1.54, 1.807) is 13.2 Å². The summed E-state index contributed by atoms with van der Waals surface area (Å²) in [5.74, 6) is -6.18. The lowest BCUT2D eigenvalue weighted by Crippen LogP contribution is -2.57. The minimum atomic E-state index is -1.46. The summed E-state index contributed by atoms with van der Waals surface area (Å²) >= 11 is 0. The number of fused-ring (bicyclic) bond motifs is 1. The monoisotopic (exact) mass is 728 g/mol. The average molecular weight is 729 g/mol. The van der Waals surface area contributed by atoms with Gasteiger partial charge in [-0.1, -0.05) is 18.2 Å². The minimum absolute atomic E-state index is 0.127. The first-order valence-electron chi connectivity index (χ1n) is 17.0. The van der Waals surface area contributed by atoms with Crippen molar-refractivity contribution in [2.45, 2.75) is 69.1 Å². The van der Waals surface area contributed by atoms with Gasteiger partial charge in [0.1, 0.15) is 18.1 Å². The number of nitrogens with zero attached hydrogens (tertiary/aromatic N) is 1. The number of hydrogen-bond donors (Lipinski definition) is 10. The van der Waals surface area contributed by atoms with Gasteiger partial charge in [-0.15, -0.1) is 0 Å². The van der Waals surface area contributed by atoms with Gasteiger partial charge >= 0.3 is 5.97 Å². The number of carboxylic acid groups (broad SMARTS) is 1. The molecular weight excluding hydrogens is 680 g/mol. The molecule has 0 saturated carbocycles. The molecule has 1 fully saturated rings. The number of carbonyl (C=O) groups is 8. The lowest BCUT2D eigenvalue weighted by molar-refractivity contribution is -0.146. The van der Waals surface area contributed by atoms with Crippen LogP contribution in [0.3, 0.4) is 0 Å². The first-order valence-corrected chi connectivity index (χ1v) is 17.0. The first-order chi connectivity index (χ1) is 24.8. The predicted octanol–water partition coefficient (Wildman–Crippen LogP) is -3.30. The van der Waals surface area contributed by atoms with Crippen molar-refractivity contribution in [3.63, 3.8) is 0 Å². The summed E-state index contributed by atoms with van der Waals surface area (Å²) in [5.41, 5.74) is 12.5. The Morgan fingerprint density at radius 2 is 1.58 bits per heavy atom. The van der Waals surface area contributed by atoms with Gasteiger partial charge in [0.15, 0.2) is 0 Å². The van der Waals surface area contributed by atoms with Crippen LogP contribution in [0.1, 0.15) is 44.1 Å². The number of H-pyrrole nitrogens is 1. The van der Waals surface area contributed by atoms with Gasteiger partial charge in [0, 0.05) is 23.6 Å². The second-order valence-corrected chi connectivity index (χ2v) is 12.3. The Kier molecular flexibility index (Phi) is 16.0. The van der Waals surface area contributed by atoms with Gasteiger partial charge in [-0.05, 0) is 63.7 Å². The molecule has 1 aliphatic heterocycles. The number of para-hydroxylation sites is 1. The van der Waals surface area contributed by atoms with Crippen molar-refractivity contribution in [2.24, 2.45) is 11.5 Å². The lowest BCUT2D eigenvalue weighted by atomic mass is 10.0. The number of primary amides is 1. The molecule has 0 aliphatic carbocycles. The summed E-state index contributed by atoms with van der Waals surface area (Å²) in [7, 11) is 1.57. The number of aliphatic carboxylic acids is 1. The highest BCUT2D eigenvalue weighted by Gasteiger charge is 2.39. The number of carboxylic acids is 1. The van der Waals surface area contributed by atoms with Crippen LogP contribution in [-0.4, -0.2) is 126 Å². The maximum Gasteiger partial charge on any atom is 0.305 e. The Morgan fingerprint density at radius 1 is 0.904 bits per heavy atom. The lowest BCUT2D eigenvalue weighted by Gasteiger charge is -2.29. The Labute approximate surface area is 299 Å². The second kappa shape index (κ2) is 20.3. The number of aromatic nitrogens is 1. The molecule has 0 radical (unpaired) electrons. The van der Waals surface area contributed by atoms with Crippen LogP contribution in [0.15, 0.2) is 30.5 Å². The zero-order valence-corrected chi connectivity index (χ0v) is 29.0. The summed E-state index contributed by atoms with van der Waals surface area (Å²) in [6.07, 6.45) is 3.49. The van der Waals surface area contributed by atoms with E-state index in [4.69, 9.17) is 11.5 Å². The fraction of sp³-hybridized carbons (Fsp3) is 0.515. The fourth-order valence-corrected chi connectivity index (χ4v) is 5.79. The molecule has 0 spiro atoms. The molecule has 1 unspecified atom stereocenters. The van der Waals surface area contributed by atoms with E-state index >= 15 is 0 Å². The van der Waals surface area contributed by atoms with Crippen LogP contribution < -0.4 is 43.4 Å². The van der Waals surface area contributed by atoms with Crippen molar-refractivity contribution in [2.75, 3.05) is 39.8 Å². The SMILES string of the molecule is CN[C@@H](Cc1c[nH]c2ccccc12)C(=O)N[C@@H](CC(=O)O)C(=O)N1CCCC1C(=O)NCC(=O)NCC(=O)NCC(=O)N[C@@H](CCCCN)C(N)=O. The molecule has 0 bridgehead atoms. The third-order valence-electron chi connectivity index (χ3n) is 8.54. The van der Waals surface area contributed by atoms with Crippen LogP contribution in [0, 0.1) is 0 Å². The largest absolute Gasteiger partial charge is 0.481 e. The van der Waals surface area contributed by atoms with E-state index in [1.807, 2.05) is 24.3 Å². The Bertz CT molecular complexity index is 1610. The second-order valence-electron chi connectivity index (χ2n) is 12.3. The minimum Gasteiger partial charge on any atom is -0.481 e. The van der Waals surface area contributed by atoms with E-state index in [1.165, 1.54) is 4.90 Å². The third kappa shape index (κ3) is 12.3. The molecule has 19 nitrogen and oxygen atoms in total. The highest BCUT2D eigenvalue weighted by molar-refractivity contribution is 5.97. The van der Waals surface area contributed by atoms with E-state index in [2.05, 4.69) is 36.9 Å². The molecule has 12 N–H and O–H groups in total. The molecule has 2 aromatic rings. The van der Waals surface area contributed by atoms with Crippen LogP contribution in [-0.2, 0) is 44.8 Å². The zero-order chi connectivity index (χ0) is 38.2. The summed E-state index contributed by atoms with van der Waals surface area (Å²) in [5, 5.41) is 25.4. The van der Waals surface area contributed by atoms with Gasteiger partial charge in [0.05, 0.1) is 32.1 Å². The van der Waals surface area contributed by atoms with E-state index in [-0.39, 0.29) is 19.4 Å². The number of aromatic amines is 1. The number of carbonyl (C=O) groups excluding carboxylic acids is 7. The number of likely N-dealkylation sites (N-methyl/N-ethyl adjacent to an activating group) is 1. The molecule has 1 aliphatic rings. The summed E-state index contributed by atoms with van der Waals surface area (Å²) in [6, 6.07) is 3.34. The van der Waals surface area contributed by atoms with Gasteiger partial charge in [0.25, 0.3) is 0 Å². The van der Waals surface area contributed by atoms with E-state index < -0.39 is 97.5 Å². The summed E-state index contributed by atoms with van der Waals surface area (Å²) in [6.45, 7) is -0.981. The van der Waals surface area contributed by atoms with Crippen LogP contribution in [0.2, 0.25) is 0 Å². The van der Waals surface area contributed by atoms with E-state index in [9.17, 15) is 43.5 Å². The topological polar surface area (TPSA) is 300 Å². The highest BCUT2D eigenvalue weighted by atomic mass is 16.4. The number of hydrogen-bond acceptors (Lipinski definition) is 10. The Balaban J connectivity index is 1.48. The van der Waals surface area contributed by atoms with Crippen LogP contribution in [0.25, 0.3) is 10.9 Å². The number of likely N-dealkylation sites (tertiary alicyclic amines) is 1. The molecule has 1 aromatic heterocycles. The highest BCUT2D eigenvalue weighted by Crippen LogP contribution is 2.21. The number of benzene rings is 1. The Hall–Kier alpha value is -5.56. The molecule has 52 heavy (non-hydrogen) atoms. The normalized spacial score (nSPS) is 15.6. The van der Waals surface area contributed by atoms with E-state index in [0.717, 1.165) is 16.5 Å². The predicted molar refractivity (Wildman–Crippen MR) is 187 cm³/mol. The molecule has 4 atom stereocenters. The van der Waals surface area contributed by atoms with Gasteiger partial charge in [-0.25, -0.2) is 0 Å². The molecule has 19 heteroatoms. The number of rotatable bonds is 21. The van der Waals surface area contributed by atoms with Crippen molar-refractivity contribution >= 4 is 58.2 Å².